The fourth-order valence-corrected chi connectivity index (χ4v) is 4.16. The molecule has 0 nitrogen and oxygen atoms in total. The van der Waals surface area contributed by atoms with Gasteiger partial charge in [-0.25, -0.2) is 0 Å². The van der Waals surface area contributed by atoms with E-state index < -0.39 is 0 Å². The summed E-state index contributed by atoms with van der Waals surface area (Å²) in [6, 6.07) is 0. The number of thiophene rings is 1. The van der Waals surface area contributed by atoms with Crippen LogP contribution in [0.3, 0.4) is 0 Å². The van der Waals surface area contributed by atoms with Gasteiger partial charge in [0.1, 0.15) is 0 Å². The molecule has 0 spiro atoms. The first kappa shape index (κ1) is 13.0. The Hall–Kier alpha value is 0.910. The van der Waals surface area contributed by atoms with Crippen LogP contribution in [0.4, 0.5) is 0 Å². The monoisotopic (exact) mass is 386 g/mol. The molecule has 0 aliphatic heterocycles. The summed E-state index contributed by atoms with van der Waals surface area (Å²) in [4.78, 5) is 0. The first-order valence-electron chi connectivity index (χ1n) is 4.92. The van der Waals surface area contributed by atoms with Crippen LogP contribution < -0.4 is 0 Å². The van der Waals surface area contributed by atoms with Crippen LogP contribution in [0.1, 0.15) is 45.6 Å². The third kappa shape index (κ3) is 2.95. The largest absolute Gasteiger partial charge is 0.136 e. The molecule has 0 radical (unpaired) electrons. The number of unbranched alkanes of at least 4 members (excludes halogenated alkanes) is 1. The van der Waals surface area contributed by atoms with Crippen molar-refractivity contribution in [1.82, 2.24) is 0 Å². The molecule has 0 bridgehead atoms. The zero-order valence-corrected chi connectivity index (χ0v) is 13.4. The van der Waals surface area contributed by atoms with Crippen LogP contribution in [-0.2, 0) is 5.41 Å². The molecule has 14 heavy (non-hydrogen) atoms. The minimum atomic E-state index is 0.314. The van der Waals surface area contributed by atoms with Crippen molar-refractivity contribution in [3.8, 4) is 0 Å². The predicted molar refractivity (Wildman–Crippen MR) is 77.3 cm³/mol. The molecule has 1 rings (SSSR count). The van der Waals surface area contributed by atoms with Crippen molar-refractivity contribution in [2.45, 2.75) is 45.4 Å². The van der Waals surface area contributed by atoms with Crippen LogP contribution in [0.2, 0.25) is 0 Å². The maximum atomic E-state index is 3.68. The second kappa shape index (κ2) is 5.30. The van der Waals surface area contributed by atoms with Gasteiger partial charge in [-0.1, -0.05) is 33.6 Å². The van der Waals surface area contributed by atoms with Crippen LogP contribution in [-0.4, -0.2) is 0 Å². The SMILES string of the molecule is CCCCC(C)(C)c1csc(I)c1Br. The summed E-state index contributed by atoms with van der Waals surface area (Å²) in [6.45, 7) is 6.93. The minimum Gasteiger partial charge on any atom is -0.136 e. The second-order valence-electron chi connectivity index (χ2n) is 4.22. The Morgan fingerprint density at radius 2 is 2.14 bits per heavy atom. The van der Waals surface area contributed by atoms with Crippen molar-refractivity contribution in [2.24, 2.45) is 0 Å². The van der Waals surface area contributed by atoms with Gasteiger partial charge < -0.3 is 0 Å². The first-order valence-corrected chi connectivity index (χ1v) is 7.67. The third-order valence-electron chi connectivity index (χ3n) is 2.57. The number of rotatable bonds is 4. The Balaban J connectivity index is 2.86. The summed E-state index contributed by atoms with van der Waals surface area (Å²) in [5.41, 5.74) is 1.79. The fraction of sp³-hybridized carbons (Fsp3) is 0.636. The van der Waals surface area contributed by atoms with E-state index in [9.17, 15) is 0 Å². The summed E-state index contributed by atoms with van der Waals surface area (Å²) in [5.74, 6) is 0. The van der Waals surface area contributed by atoms with Gasteiger partial charge in [-0.2, -0.15) is 0 Å². The van der Waals surface area contributed by atoms with Crippen LogP contribution >= 0.6 is 49.9 Å². The molecule has 0 aliphatic carbocycles. The summed E-state index contributed by atoms with van der Waals surface area (Å²) in [7, 11) is 0. The standard InChI is InChI=1S/C11H16BrIS/c1-4-5-6-11(2,3)8-7-14-10(13)9(8)12/h7H,4-6H2,1-3H3. The Labute approximate surface area is 113 Å². The third-order valence-corrected chi connectivity index (χ3v) is 6.47. The molecule has 0 unspecified atom stereocenters. The molecule has 0 amide bonds. The van der Waals surface area contributed by atoms with Crippen LogP contribution in [0.5, 0.6) is 0 Å². The van der Waals surface area contributed by atoms with Crippen LogP contribution in [0.25, 0.3) is 0 Å². The van der Waals surface area contributed by atoms with Gasteiger partial charge in [0.2, 0.25) is 0 Å². The lowest BCUT2D eigenvalue weighted by Gasteiger charge is -2.24. The van der Waals surface area contributed by atoms with Gasteiger partial charge in [0.25, 0.3) is 0 Å². The van der Waals surface area contributed by atoms with Crippen molar-refractivity contribution >= 4 is 49.9 Å². The zero-order chi connectivity index (χ0) is 10.8. The molecule has 3 heteroatoms. The minimum absolute atomic E-state index is 0.314. The Morgan fingerprint density at radius 1 is 1.50 bits per heavy atom. The molecule has 1 aromatic heterocycles. The summed E-state index contributed by atoms with van der Waals surface area (Å²) < 4.78 is 2.67. The lowest BCUT2D eigenvalue weighted by molar-refractivity contribution is 0.457. The molecule has 0 atom stereocenters. The smallest absolute Gasteiger partial charge is 0.0798 e. The van der Waals surface area contributed by atoms with E-state index in [1.165, 1.54) is 32.2 Å². The highest BCUT2D eigenvalue weighted by Crippen LogP contribution is 2.39. The van der Waals surface area contributed by atoms with Gasteiger partial charge in [0, 0.05) is 4.47 Å². The van der Waals surface area contributed by atoms with E-state index in [0.717, 1.165) is 0 Å². The maximum Gasteiger partial charge on any atom is 0.0798 e. The molecule has 1 aromatic rings. The van der Waals surface area contributed by atoms with E-state index in [1.807, 2.05) is 11.3 Å². The van der Waals surface area contributed by atoms with E-state index >= 15 is 0 Å². The van der Waals surface area contributed by atoms with E-state index in [-0.39, 0.29) is 0 Å². The molecule has 0 fully saturated rings. The molecular weight excluding hydrogens is 371 g/mol. The summed E-state index contributed by atoms with van der Waals surface area (Å²) >= 11 is 7.91. The van der Waals surface area contributed by atoms with Gasteiger partial charge in [-0.05, 0) is 61.3 Å². The number of hydrogen-bond donors (Lipinski definition) is 0. The zero-order valence-electron chi connectivity index (χ0n) is 8.86. The van der Waals surface area contributed by atoms with Gasteiger partial charge in [0.15, 0.2) is 0 Å². The average Bonchev–Trinajstić information content (AvgIpc) is 2.45. The average molecular weight is 387 g/mol. The normalized spacial score (nSPS) is 12.1. The van der Waals surface area contributed by atoms with Crippen molar-refractivity contribution in [2.75, 3.05) is 0 Å². The van der Waals surface area contributed by atoms with Crippen LogP contribution in [0.15, 0.2) is 9.85 Å². The molecule has 0 aliphatic rings. The lowest BCUT2D eigenvalue weighted by atomic mass is 9.82. The van der Waals surface area contributed by atoms with Gasteiger partial charge in [0.05, 0.1) is 2.88 Å². The molecular formula is C11H16BrIS. The van der Waals surface area contributed by atoms with Crippen molar-refractivity contribution in [1.29, 1.82) is 0 Å². The Kier molecular flexibility index (Phi) is 4.91. The van der Waals surface area contributed by atoms with Gasteiger partial charge in [-0.3, -0.25) is 0 Å². The van der Waals surface area contributed by atoms with Crippen molar-refractivity contribution in [3.05, 3.63) is 18.3 Å². The van der Waals surface area contributed by atoms with Gasteiger partial charge >= 0.3 is 0 Å². The van der Waals surface area contributed by atoms with Crippen molar-refractivity contribution in [3.63, 3.8) is 0 Å². The highest BCUT2D eigenvalue weighted by Gasteiger charge is 2.24. The highest BCUT2D eigenvalue weighted by molar-refractivity contribution is 14.1. The fourth-order valence-electron chi connectivity index (χ4n) is 1.53. The Bertz CT molecular complexity index is 304. The second-order valence-corrected chi connectivity index (χ2v) is 7.71. The Morgan fingerprint density at radius 3 is 2.57 bits per heavy atom. The van der Waals surface area contributed by atoms with E-state index in [4.69, 9.17) is 0 Å². The quantitative estimate of drug-likeness (QED) is 0.592. The molecule has 0 saturated carbocycles. The van der Waals surface area contributed by atoms with Gasteiger partial charge in [-0.15, -0.1) is 11.3 Å². The molecule has 0 aromatic carbocycles. The molecule has 1 heterocycles. The molecule has 0 saturated heterocycles. The first-order chi connectivity index (χ1) is 6.49. The molecule has 0 N–H and O–H groups in total. The number of halogens is 2. The summed E-state index contributed by atoms with van der Waals surface area (Å²) in [6.07, 6.45) is 3.86. The topological polar surface area (TPSA) is 0 Å². The van der Waals surface area contributed by atoms with E-state index in [2.05, 4.69) is 64.7 Å². The van der Waals surface area contributed by atoms with E-state index in [0.29, 0.717) is 5.41 Å². The summed E-state index contributed by atoms with van der Waals surface area (Å²) in [5, 5.41) is 2.29. The van der Waals surface area contributed by atoms with Crippen LogP contribution in [0, 0.1) is 2.88 Å². The predicted octanol–water partition coefficient (Wildman–Crippen LogP) is 5.58. The highest BCUT2D eigenvalue weighted by atomic mass is 127. The number of hydrogen-bond acceptors (Lipinski definition) is 1. The maximum absolute atomic E-state index is 3.68. The van der Waals surface area contributed by atoms with E-state index in [1.54, 1.807) is 0 Å². The molecule has 80 valence electrons. The van der Waals surface area contributed by atoms with Crippen molar-refractivity contribution < 1.29 is 0 Å². The lowest BCUT2D eigenvalue weighted by Crippen LogP contribution is -2.16.